The summed E-state index contributed by atoms with van der Waals surface area (Å²) in [7, 11) is 0. The van der Waals surface area contributed by atoms with Gasteiger partial charge in [-0.15, -0.1) is 0 Å². The average molecular weight is 406 g/mol. The van der Waals surface area contributed by atoms with Crippen LogP contribution in [0, 0.1) is 12.7 Å². The van der Waals surface area contributed by atoms with Crippen LogP contribution in [-0.2, 0) is 25.7 Å². The van der Waals surface area contributed by atoms with Gasteiger partial charge in [0.2, 0.25) is 0 Å². The first-order chi connectivity index (χ1) is 13.7. The predicted molar refractivity (Wildman–Crippen MR) is 100 cm³/mol. The molecule has 0 bridgehead atoms. The van der Waals surface area contributed by atoms with Crippen LogP contribution in [0.25, 0.3) is 0 Å². The van der Waals surface area contributed by atoms with Crippen molar-refractivity contribution in [2.24, 2.45) is 0 Å². The number of aromatic nitrogens is 2. The van der Waals surface area contributed by atoms with E-state index in [2.05, 4.69) is 0 Å². The Hall–Kier alpha value is -3.16. The van der Waals surface area contributed by atoms with Gasteiger partial charge in [0.15, 0.2) is 0 Å². The molecule has 3 aromatic rings. The lowest BCUT2D eigenvalue weighted by atomic mass is 10.1. The van der Waals surface area contributed by atoms with E-state index in [1.165, 1.54) is 13.0 Å². The normalized spacial score (nSPS) is 11.6. The monoisotopic (exact) mass is 406 g/mol. The van der Waals surface area contributed by atoms with Gasteiger partial charge in [0.25, 0.3) is 5.56 Å². The number of nitrogens with zero attached hydrogens (tertiary/aromatic N) is 2. The van der Waals surface area contributed by atoms with E-state index in [0.717, 1.165) is 32.9 Å². The molecule has 0 amide bonds. The molecule has 4 nitrogen and oxygen atoms in total. The summed E-state index contributed by atoms with van der Waals surface area (Å²) in [5.41, 5.74) is -2.05. The summed E-state index contributed by atoms with van der Waals surface area (Å²) in [4.78, 5) is 25.1. The first-order valence-corrected chi connectivity index (χ1v) is 8.88. The van der Waals surface area contributed by atoms with E-state index in [9.17, 15) is 27.2 Å². The molecule has 0 aliphatic heterocycles. The van der Waals surface area contributed by atoms with Crippen LogP contribution in [0.1, 0.15) is 22.4 Å². The van der Waals surface area contributed by atoms with Gasteiger partial charge in [0.05, 0.1) is 12.1 Å². The second-order valence-electron chi connectivity index (χ2n) is 6.64. The zero-order valence-electron chi connectivity index (χ0n) is 15.5. The SMILES string of the molecule is Cc1cc(=O)n(CCc2ccccc2)c(=O)n1Cc1c(F)cccc1C(F)(F)F. The lowest BCUT2D eigenvalue weighted by molar-refractivity contribution is -0.138. The highest BCUT2D eigenvalue weighted by Gasteiger charge is 2.34. The Balaban J connectivity index is 2.02. The van der Waals surface area contributed by atoms with Crippen LogP contribution in [0.15, 0.2) is 64.2 Å². The predicted octanol–water partition coefficient (Wildman–Crippen LogP) is 3.77. The molecule has 0 N–H and O–H groups in total. The van der Waals surface area contributed by atoms with Crippen LogP contribution in [0.2, 0.25) is 0 Å². The van der Waals surface area contributed by atoms with Crippen molar-refractivity contribution >= 4 is 0 Å². The van der Waals surface area contributed by atoms with E-state index >= 15 is 0 Å². The van der Waals surface area contributed by atoms with Crippen molar-refractivity contribution in [3.05, 3.63) is 104 Å². The third kappa shape index (κ3) is 4.47. The molecular weight excluding hydrogens is 388 g/mol. The van der Waals surface area contributed by atoms with E-state index in [1.807, 2.05) is 30.3 Å². The van der Waals surface area contributed by atoms with Crippen LogP contribution in [0.4, 0.5) is 17.6 Å². The van der Waals surface area contributed by atoms with Crippen molar-refractivity contribution in [3.8, 4) is 0 Å². The van der Waals surface area contributed by atoms with Crippen molar-refractivity contribution in [3.63, 3.8) is 0 Å². The summed E-state index contributed by atoms with van der Waals surface area (Å²) in [6.07, 6.45) is -4.37. The van der Waals surface area contributed by atoms with E-state index in [4.69, 9.17) is 0 Å². The van der Waals surface area contributed by atoms with Crippen LogP contribution < -0.4 is 11.2 Å². The maximum absolute atomic E-state index is 14.2. The molecular formula is C21H18F4N2O2. The Labute approximate surface area is 163 Å². The van der Waals surface area contributed by atoms with Crippen molar-refractivity contribution in [2.75, 3.05) is 0 Å². The summed E-state index contributed by atoms with van der Waals surface area (Å²) >= 11 is 0. The van der Waals surface area contributed by atoms with Gasteiger partial charge >= 0.3 is 11.9 Å². The quantitative estimate of drug-likeness (QED) is 0.606. The molecule has 8 heteroatoms. The van der Waals surface area contributed by atoms with Gasteiger partial charge < -0.3 is 0 Å². The molecule has 0 aliphatic rings. The Morgan fingerprint density at radius 2 is 1.62 bits per heavy atom. The van der Waals surface area contributed by atoms with Crippen LogP contribution >= 0.6 is 0 Å². The largest absolute Gasteiger partial charge is 0.416 e. The highest BCUT2D eigenvalue weighted by molar-refractivity contribution is 5.31. The molecule has 0 aliphatic carbocycles. The fraction of sp³-hybridized carbons (Fsp3) is 0.238. The third-order valence-corrected chi connectivity index (χ3v) is 4.69. The van der Waals surface area contributed by atoms with Gasteiger partial charge in [-0.2, -0.15) is 13.2 Å². The highest BCUT2D eigenvalue weighted by atomic mass is 19.4. The number of hydrogen-bond donors (Lipinski definition) is 0. The second kappa shape index (κ2) is 8.06. The summed E-state index contributed by atoms with van der Waals surface area (Å²) < 4.78 is 56.0. The Morgan fingerprint density at radius 1 is 0.931 bits per heavy atom. The molecule has 3 rings (SSSR count). The molecule has 1 aromatic heterocycles. The molecule has 0 unspecified atom stereocenters. The third-order valence-electron chi connectivity index (χ3n) is 4.69. The van der Waals surface area contributed by atoms with Gasteiger partial charge in [-0.3, -0.25) is 13.9 Å². The average Bonchev–Trinajstić information content (AvgIpc) is 2.65. The lowest BCUT2D eigenvalue weighted by Crippen LogP contribution is -2.41. The highest BCUT2D eigenvalue weighted by Crippen LogP contribution is 2.33. The molecule has 0 saturated carbocycles. The molecule has 152 valence electrons. The molecule has 0 saturated heterocycles. The minimum atomic E-state index is -4.77. The first-order valence-electron chi connectivity index (χ1n) is 8.88. The van der Waals surface area contributed by atoms with Gasteiger partial charge in [-0.25, -0.2) is 9.18 Å². The van der Waals surface area contributed by atoms with E-state index in [-0.39, 0.29) is 12.2 Å². The zero-order chi connectivity index (χ0) is 21.2. The van der Waals surface area contributed by atoms with Gasteiger partial charge in [0, 0.05) is 23.9 Å². The standard InChI is InChI=1S/C21H18F4N2O2/c1-14-12-19(28)26(11-10-15-6-3-2-4-7-15)20(29)27(14)13-16-17(21(23,24)25)8-5-9-18(16)22/h2-9,12H,10-11,13H2,1H3. The maximum Gasteiger partial charge on any atom is 0.416 e. The van der Waals surface area contributed by atoms with Crippen LogP contribution in [-0.4, -0.2) is 9.13 Å². The van der Waals surface area contributed by atoms with E-state index in [1.54, 1.807) is 0 Å². The minimum absolute atomic E-state index is 0.0609. The fourth-order valence-electron chi connectivity index (χ4n) is 3.15. The second-order valence-corrected chi connectivity index (χ2v) is 6.64. The molecule has 2 aromatic carbocycles. The number of benzene rings is 2. The number of aryl methyl sites for hydroxylation is 2. The topological polar surface area (TPSA) is 44.0 Å². The van der Waals surface area contributed by atoms with Crippen molar-refractivity contribution < 1.29 is 17.6 Å². The molecule has 1 heterocycles. The van der Waals surface area contributed by atoms with E-state index < -0.39 is 40.9 Å². The van der Waals surface area contributed by atoms with Crippen molar-refractivity contribution in [1.82, 2.24) is 9.13 Å². The Morgan fingerprint density at radius 3 is 2.28 bits per heavy atom. The molecule has 0 spiro atoms. The Kier molecular flexibility index (Phi) is 5.72. The summed E-state index contributed by atoms with van der Waals surface area (Å²) in [5, 5.41) is 0. The summed E-state index contributed by atoms with van der Waals surface area (Å²) in [6.45, 7) is 0.863. The molecule has 0 atom stereocenters. The molecule has 29 heavy (non-hydrogen) atoms. The van der Waals surface area contributed by atoms with E-state index in [0.29, 0.717) is 6.42 Å². The van der Waals surface area contributed by atoms with Gasteiger partial charge in [-0.1, -0.05) is 36.4 Å². The van der Waals surface area contributed by atoms with Gasteiger partial charge in [0.1, 0.15) is 5.82 Å². The summed E-state index contributed by atoms with van der Waals surface area (Å²) in [6, 6.07) is 13.0. The number of alkyl halides is 3. The van der Waals surface area contributed by atoms with Crippen molar-refractivity contribution in [1.29, 1.82) is 0 Å². The molecule has 0 fully saturated rings. The summed E-state index contributed by atoms with van der Waals surface area (Å²) in [5.74, 6) is -1.06. The first kappa shape index (κ1) is 20.6. The van der Waals surface area contributed by atoms with Gasteiger partial charge in [-0.05, 0) is 31.0 Å². The fourth-order valence-corrected chi connectivity index (χ4v) is 3.15. The minimum Gasteiger partial charge on any atom is -0.293 e. The number of halogens is 4. The molecule has 0 radical (unpaired) electrons. The maximum atomic E-state index is 14.2. The Bertz CT molecular complexity index is 1130. The lowest BCUT2D eigenvalue weighted by Gasteiger charge is -2.17. The zero-order valence-corrected chi connectivity index (χ0v) is 15.5. The number of hydrogen-bond acceptors (Lipinski definition) is 2. The van der Waals surface area contributed by atoms with Crippen LogP contribution in [0.3, 0.4) is 0 Å². The van der Waals surface area contributed by atoms with Crippen molar-refractivity contribution in [2.45, 2.75) is 32.6 Å². The number of rotatable bonds is 5. The van der Waals surface area contributed by atoms with Crippen LogP contribution in [0.5, 0.6) is 0 Å². The smallest absolute Gasteiger partial charge is 0.293 e.